The van der Waals surface area contributed by atoms with Crippen LogP contribution < -0.4 is 4.74 Å². The van der Waals surface area contributed by atoms with Crippen molar-refractivity contribution in [2.45, 2.75) is 26.7 Å². The van der Waals surface area contributed by atoms with Gasteiger partial charge in [-0.3, -0.25) is 0 Å². The van der Waals surface area contributed by atoms with Gasteiger partial charge in [0, 0.05) is 0 Å². The highest BCUT2D eigenvalue weighted by Gasteiger charge is 2.09. The zero-order valence-electron chi connectivity index (χ0n) is 11.5. The van der Waals surface area contributed by atoms with Gasteiger partial charge in [0.2, 0.25) is 0 Å². The van der Waals surface area contributed by atoms with E-state index < -0.39 is 0 Å². The van der Waals surface area contributed by atoms with E-state index in [4.69, 9.17) is 4.74 Å². The van der Waals surface area contributed by atoms with E-state index in [-0.39, 0.29) is 5.97 Å². The number of ether oxygens (including phenoxy) is 1. The lowest BCUT2D eigenvalue weighted by atomic mass is 9.98. The number of carbonyl (C=O) groups excluding carboxylic acids is 1. The third-order valence-electron chi connectivity index (χ3n) is 3.08. The van der Waals surface area contributed by atoms with Crippen molar-refractivity contribution >= 4 is 5.97 Å². The molecule has 2 nitrogen and oxygen atoms in total. The summed E-state index contributed by atoms with van der Waals surface area (Å²) in [7, 11) is 0. The molecule has 0 saturated heterocycles. The number of esters is 1. The number of hydrogen-bond acceptors (Lipinski definition) is 2. The molecular weight excluding hydrogens is 236 g/mol. The monoisotopic (exact) mass is 254 g/mol. The maximum absolute atomic E-state index is 11.9. The van der Waals surface area contributed by atoms with E-state index in [0.29, 0.717) is 17.2 Å². The first-order chi connectivity index (χ1) is 9.08. The molecule has 19 heavy (non-hydrogen) atoms. The van der Waals surface area contributed by atoms with E-state index in [1.165, 1.54) is 5.56 Å². The first kappa shape index (κ1) is 13.3. The van der Waals surface area contributed by atoms with Gasteiger partial charge in [-0.25, -0.2) is 4.79 Å². The van der Waals surface area contributed by atoms with Gasteiger partial charge < -0.3 is 4.74 Å². The van der Waals surface area contributed by atoms with Gasteiger partial charge in [-0.15, -0.1) is 0 Å². The molecule has 0 aliphatic rings. The van der Waals surface area contributed by atoms with Crippen molar-refractivity contribution in [1.29, 1.82) is 0 Å². The van der Waals surface area contributed by atoms with Crippen LogP contribution in [0.15, 0.2) is 48.5 Å². The standard InChI is InChI=1S/C17H18O2/c1-12(2)16-10-9-15(11-13(16)3)19-17(18)14-7-5-4-6-8-14/h4-12H,1-3H3. The highest BCUT2D eigenvalue weighted by molar-refractivity contribution is 5.90. The van der Waals surface area contributed by atoms with E-state index in [1.54, 1.807) is 12.1 Å². The molecule has 0 heterocycles. The molecule has 0 aromatic heterocycles. The molecule has 2 rings (SSSR count). The summed E-state index contributed by atoms with van der Waals surface area (Å²) in [5.41, 5.74) is 2.99. The summed E-state index contributed by atoms with van der Waals surface area (Å²) in [4.78, 5) is 11.9. The molecule has 0 amide bonds. The van der Waals surface area contributed by atoms with Gasteiger partial charge >= 0.3 is 5.97 Å². The highest BCUT2D eigenvalue weighted by atomic mass is 16.5. The average Bonchev–Trinajstić information content (AvgIpc) is 2.39. The molecule has 0 aliphatic heterocycles. The Hall–Kier alpha value is -2.09. The summed E-state index contributed by atoms with van der Waals surface area (Å²) < 4.78 is 5.38. The lowest BCUT2D eigenvalue weighted by molar-refractivity contribution is 0.0734. The van der Waals surface area contributed by atoms with E-state index in [0.717, 1.165) is 5.56 Å². The van der Waals surface area contributed by atoms with Crippen LogP contribution in [0.1, 0.15) is 41.3 Å². The Labute approximate surface area is 114 Å². The fourth-order valence-corrected chi connectivity index (χ4v) is 2.10. The fourth-order valence-electron chi connectivity index (χ4n) is 2.10. The summed E-state index contributed by atoms with van der Waals surface area (Å²) in [5.74, 6) is 0.743. The van der Waals surface area contributed by atoms with E-state index >= 15 is 0 Å². The van der Waals surface area contributed by atoms with Gasteiger partial charge in [-0.2, -0.15) is 0 Å². The molecule has 0 atom stereocenters. The molecule has 0 radical (unpaired) electrons. The zero-order valence-corrected chi connectivity index (χ0v) is 11.5. The summed E-state index contributed by atoms with van der Waals surface area (Å²) in [6.45, 7) is 6.34. The number of benzene rings is 2. The first-order valence-corrected chi connectivity index (χ1v) is 6.45. The first-order valence-electron chi connectivity index (χ1n) is 6.45. The Morgan fingerprint density at radius 1 is 1.05 bits per heavy atom. The van der Waals surface area contributed by atoms with Gasteiger partial charge in [0.1, 0.15) is 5.75 Å². The lowest BCUT2D eigenvalue weighted by Gasteiger charge is -2.11. The van der Waals surface area contributed by atoms with Crippen LogP contribution in [0.25, 0.3) is 0 Å². The molecule has 0 bridgehead atoms. The number of rotatable bonds is 3. The van der Waals surface area contributed by atoms with Crippen molar-refractivity contribution in [3.8, 4) is 5.75 Å². The fraction of sp³-hybridized carbons (Fsp3) is 0.235. The van der Waals surface area contributed by atoms with Crippen LogP contribution in [0.5, 0.6) is 5.75 Å². The van der Waals surface area contributed by atoms with Crippen LogP contribution in [0, 0.1) is 6.92 Å². The molecule has 98 valence electrons. The normalized spacial score (nSPS) is 10.5. The number of hydrogen-bond donors (Lipinski definition) is 0. The third kappa shape index (κ3) is 3.22. The molecule has 2 aromatic rings. The SMILES string of the molecule is Cc1cc(OC(=O)c2ccccc2)ccc1C(C)C. The Balaban J connectivity index is 2.16. The predicted molar refractivity (Wildman–Crippen MR) is 76.7 cm³/mol. The molecule has 2 aromatic carbocycles. The molecule has 0 aliphatic carbocycles. The Morgan fingerprint density at radius 2 is 1.74 bits per heavy atom. The zero-order chi connectivity index (χ0) is 13.8. The second-order valence-corrected chi connectivity index (χ2v) is 4.93. The van der Waals surface area contributed by atoms with E-state index in [2.05, 4.69) is 13.8 Å². The molecule has 0 saturated carbocycles. The average molecular weight is 254 g/mol. The maximum atomic E-state index is 11.9. The maximum Gasteiger partial charge on any atom is 0.343 e. The Bertz CT molecular complexity index is 571. The van der Waals surface area contributed by atoms with Crippen LogP contribution >= 0.6 is 0 Å². The third-order valence-corrected chi connectivity index (χ3v) is 3.08. The largest absolute Gasteiger partial charge is 0.423 e. The van der Waals surface area contributed by atoms with Crippen LogP contribution in [0.4, 0.5) is 0 Å². The minimum absolute atomic E-state index is 0.322. The van der Waals surface area contributed by atoms with Gasteiger partial charge in [0.25, 0.3) is 0 Å². The van der Waals surface area contributed by atoms with Crippen LogP contribution in [-0.2, 0) is 0 Å². The van der Waals surface area contributed by atoms with Crippen molar-refractivity contribution in [1.82, 2.24) is 0 Å². The topological polar surface area (TPSA) is 26.3 Å². The van der Waals surface area contributed by atoms with Crippen LogP contribution in [0.2, 0.25) is 0 Å². The minimum Gasteiger partial charge on any atom is -0.423 e. The molecular formula is C17H18O2. The predicted octanol–water partition coefficient (Wildman–Crippen LogP) is 4.34. The molecule has 0 spiro atoms. The van der Waals surface area contributed by atoms with E-state index in [9.17, 15) is 4.79 Å². The molecule has 0 unspecified atom stereocenters. The Kier molecular flexibility index (Phi) is 4.00. The van der Waals surface area contributed by atoms with Crippen LogP contribution in [-0.4, -0.2) is 5.97 Å². The molecule has 2 heteroatoms. The highest BCUT2D eigenvalue weighted by Crippen LogP contribution is 2.24. The minimum atomic E-state index is -0.322. The van der Waals surface area contributed by atoms with Crippen molar-refractivity contribution in [2.24, 2.45) is 0 Å². The number of aryl methyl sites for hydroxylation is 1. The summed E-state index contributed by atoms with van der Waals surface area (Å²) in [5, 5.41) is 0. The van der Waals surface area contributed by atoms with Crippen molar-refractivity contribution in [2.75, 3.05) is 0 Å². The molecule has 0 N–H and O–H groups in total. The second kappa shape index (κ2) is 5.70. The van der Waals surface area contributed by atoms with Gasteiger partial charge in [0.15, 0.2) is 0 Å². The quantitative estimate of drug-likeness (QED) is 0.601. The van der Waals surface area contributed by atoms with Crippen molar-refractivity contribution < 1.29 is 9.53 Å². The van der Waals surface area contributed by atoms with Crippen molar-refractivity contribution in [3.63, 3.8) is 0 Å². The van der Waals surface area contributed by atoms with Crippen molar-refractivity contribution in [3.05, 3.63) is 65.2 Å². The smallest absolute Gasteiger partial charge is 0.343 e. The Morgan fingerprint density at radius 3 is 2.32 bits per heavy atom. The van der Waals surface area contributed by atoms with Gasteiger partial charge in [-0.05, 0) is 48.2 Å². The van der Waals surface area contributed by atoms with Crippen LogP contribution in [0.3, 0.4) is 0 Å². The molecule has 0 fully saturated rings. The lowest BCUT2D eigenvalue weighted by Crippen LogP contribution is -2.08. The number of carbonyl (C=O) groups is 1. The van der Waals surface area contributed by atoms with Gasteiger partial charge in [0.05, 0.1) is 5.56 Å². The summed E-state index contributed by atoms with van der Waals surface area (Å²) >= 11 is 0. The summed E-state index contributed by atoms with van der Waals surface area (Å²) in [6.07, 6.45) is 0. The second-order valence-electron chi connectivity index (χ2n) is 4.93. The summed E-state index contributed by atoms with van der Waals surface area (Å²) in [6, 6.07) is 14.8. The van der Waals surface area contributed by atoms with E-state index in [1.807, 2.05) is 43.3 Å². The van der Waals surface area contributed by atoms with Gasteiger partial charge in [-0.1, -0.05) is 38.1 Å².